The first kappa shape index (κ1) is 14.4. The number of rotatable bonds is 6. The fourth-order valence-corrected chi connectivity index (χ4v) is 1.44. The first-order valence-corrected chi connectivity index (χ1v) is 6.06. The second-order valence-corrected chi connectivity index (χ2v) is 4.23. The lowest BCUT2D eigenvalue weighted by molar-refractivity contribution is -0.131. The van der Waals surface area contributed by atoms with Crippen LogP contribution in [0.5, 0.6) is 0 Å². The van der Waals surface area contributed by atoms with Crippen LogP contribution in [0, 0.1) is 0 Å². The van der Waals surface area contributed by atoms with Crippen molar-refractivity contribution in [3.63, 3.8) is 0 Å². The number of anilines is 1. The van der Waals surface area contributed by atoms with E-state index in [0.29, 0.717) is 13.2 Å². The maximum atomic E-state index is 11.6. The molecule has 1 heterocycles. The van der Waals surface area contributed by atoms with Gasteiger partial charge in [-0.15, -0.1) is 0 Å². The molecule has 100 valence electrons. The van der Waals surface area contributed by atoms with E-state index in [-0.39, 0.29) is 5.91 Å². The molecule has 0 spiro atoms. The third kappa shape index (κ3) is 4.33. The lowest BCUT2D eigenvalue weighted by Crippen LogP contribution is -2.34. The van der Waals surface area contributed by atoms with Crippen LogP contribution in [0.3, 0.4) is 0 Å². The van der Waals surface area contributed by atoms with Gasteiger partial charge in [0.05, 0.1) is 0 Å². The van der Waals surface area contributed by atoms with Crippen molar-refractivity contribution in [3.8, 4) is 0 Å². The fourth-order valence-electron chi connectivity index (χ4n) is 1.44. The zero-order valence-corrected chi connectivity index (χ0v) is 11.4. The number of carbonyl (C=O) groups is 1. The molecule has 0 radical (unpaired) electrons. The molecule has 0 fully saturated rings. The van der Waals surface area contributed by atoms with Crippen molar-refractivity contribution < 1.29 is 9.53 Å². The highest BCUT2D eigenvalue weighted by Gasteiger charge is 2.11. The number of hydrogen-bond acceptors (Lipinski definition) is 4. The normalized spacial score (nSPS) is 12.0. The Morgan fingerprint density at radius 1 is 1.50 bits per heavy atom. The van der Waals surface area contributed by atoms with Crippen molar-refractivity contribution in [1.29, 1.82) is 0 Å². The lowest BCUT2D eigenvalue weighted by atomic mass is 10.2. The summed E-state index contributed by atoms with van der Waals surface area (Å²) in [6, 6.07) is 3.88. The molecule has 18 heavy (non-hydrogen) atoms. The first-order valence-electron chi connectivity index (χ1n) is 6.06. The summed E-state index contributed by atoms with van der Waals surface area (Å²) in [5.41, 5.74) is 0.970. The van der Waals surface area contributed by atoms with Crippen LogP contribution in [-0.4, -0.2) is 37.7 Å². The number of amides is 1. The van der Waals surface area contributed by atoms with Crippen LogP contribution >= 0.6 is 0 Å². The van der Waals surface area contributed by atoms with Crippen LogP contribution in [0.2, 0.25) is 0 Å². The zero-order chi connectivity index (χ0) is 13.5. The summed E-state index contributed by atoms with van der Waals surface area (Å²) >= 11 is 0. The van der Waals surface area contributed by atoms with E-state index in [1.807, 2.05) is 38.1 Å². The smallest absolute Gasteiger partial charge is 0.249 e. The first-order chi connectivity index (χ1) is 8.54. The predicted octanol–water partition coefficient (Wildman–Crippen LogP) is 1.19. The van der Waals surface area contributed by atoms with E-state index in [2.05, 4.69) is 10.3 Å². The molecular formula is C13H21N3O2. The highest BCUT2D eigenvalue weighted by molar-refractivity contribution is 5.80. The molecule has 5 heteroatoms. The third-order valence-electron chi connectivity index (χ3n) is 2.52. The quantitative estimate of drug-likeness (QED) is 0.825. The Kier molecular flexibility index (Phi) is 5.58. The largest absolute Gasteiger partial charge is 0.369 e. The highest BCUT2D eigenvalue weighted by atomic mass is 16.5. The SMILES string of the molecule is CCO[C@@H](C)C(=O)NCc1ccc(N(C)C)nc1. The summed E-state index contributed by atoms with van der Waals surface area (Å²) in [5, 5.41) is 2.81. The average molecular weight is 251 g/mol. The molecule has 0 aliphatic heterocycles. The van der Waals surface area contributed by atoms with E-state index in [0.717, 1.165) is 11.4 Å². The van der Waals surface area contributed by atoms with Gasteiger partial charge in [0, 0.05) is 33.4 Å². The Morgan fingerprint density at radius 2 is 2.22 bits per heavy atom. The molecule has 0 aliphatic rings. The predicted molar refractivity (Wildman–Crippen MR) is 71.5 cm³/mol. The Labute approximate surface area is 108 Å². The number of carbonyl (C=O) groups excluding carboxylic acids is 1. The highest BCUT2D eigenvalue weighted by Crippen LogP contribution is 2.07. The average Bonchev–Trinajstić information content (AvgIpc) is 2.36. The van der Waals surface area contributed by atoms with Crippen LogP contribution in [0.4, 0.5) is 5.82 Å². The molecular weight excluding hydrogens is 230 g/mol. The number of nitrogens with zero attached hydrogens (tertiary/aromatic N) is 2. The van der Waals surface area contributed by atoms with E-state index in [9.17, 15) is 4.79 Å². The van der Waals surface area contributed by atoms with Gasteiger partial charge >= 0.3 is 0 Å². The molecule has 1 atom stereocenters. The second kappa shape index (κ2) is 6.96. The van der Waals surface area contributed by atoms with Gasteiger partial charge in [-0.2, -0.15) is 0 Å². The van der Waals surface area contributed by atoms with Gasteiger partial charge in [0.1, 0.15) is 11.9 Å². The van der Waals surface area contributed by atoms with Gasteiger partial charge in [-0.05, 0) is 25.5 Å². The lowest BCUT2D eigenvalue weighted by Gasteiger charge is -2.13. The Balaban J connectivity index is 2.46. The Morgan fingerprint density at radius 3 is 2.72 bits per heavy atom. The van der Waals surface area contributed by atoms with Gasteiger partial charge < -0.3 is 15.0 Å². The molecule has 1 aromatic heterocycles. The van der Waals surface area contributed by atoms with E-state index in [1.165, 1.54) is 0 Å². The summed E-state index contributed by atoms with van der Waals surface area (Å²) in [4.78, 5) is 17.8. The topological polar surface area (TPSA) is 54.5 Å². The van der Waals surface area contributed by atoms with Crippen molar-refractivity contribution >= 4 is 11.7 Å². The van der Waals surface area contributed by atoms with Crippen molar-refractivity contribution in [2.24, 2.45) is 0 Å². The summed E-state index contributed by atoms with van der Waals surface area (Å²) < 4.78 is 5.21. The van der Waals surface area contributed by atoms with Crippen LogP contribution in [0.1, 0.15) is 19.4 Å². The zero-order valence-electron chi connectivity index (χ0n) is 11.4. The van der Waals surface area contributed by atoms with Crippen molar-refractivity contribution in [3.05, 3.63) is 23.9 Å². The number of nitrogens with one attached hydrogen (secondary N) is 1. The van der Waals surface area contributed by atoms with Gasteiger partial charge in [-0.1, -0.05) is 6.07 Å². The molecule has 0 saturated carbocycles. The molecule has 0 bridgehead atoms. The number of aromatic nitrogens is 1. The maximum Gasteiger partial charge on any atom is 0.249 e. The second-order valence-electron chi connectivity index (χ2n) is 4.23. The Bertz CT molecular complexity index is 376. The van der Waals surface area contributed by atoms with Gasteiger partial charge in [-0.25, -0.2) is 4.98 Å². The van der Waals surface area contributed by atoms with Gasteiger partial charge in [-0.3, -0.25) is 4.79 Å². The van der Waals surface area contributed by atoms with Crippen molar-refractivity contribution in [1.82, 2.24) is 10.3 Å². The van der Waals surface area contributed by atoms with E-state index in [4.69, 9.17) is 4.74 Å². The number of hydrogen-bond donors (Lipinski definition) is 1. The number of pyridine rings is 1. The molecule has 0 aliphatic carbocycles. The van der Waals surface area contributed by atoms with Crippen LogP contribution < -0.4 is 10.2 Å². The van der Waals surface area contributed by atoms with E-state index >= 15 is 0 Å². The summed E-state index contributed by atoms with van der Waals surface area (Å²) in [5.74, 6) is 0.793. The van der Waals surface area contributed by atoms with Crippen LogP contribution in [0.15, 0.2) is 18.3 Å². The van der Waals surface area contributed by atoms with E-state index < -0.39 is 6.10 Å². The standard InChI is InChI=1S/C13H21N3O2/c1-5-18-10(2)13(17)15-9-11-6-7-12(14-8-11)16(3)4/h6-8,10H,5,9H2,1-4H3,(H,15,17)/t10-/m0/s1. The molecule has 0 saturated heterocycles. The van der Waals surface area contributed by atoms with Crippen molar-refractivity contribution in [2.75, 3.05) is 25.6 Å². The summed E-state index contributed by atoms with van der Waals surface area (Å²) in [7, 11) is 3.88. The van der Waals surface area contributed by atoms with Gasteiger partial charge in [0.15, 0.2) is 0 Å². The molecule has 1 aromatic rings. The van der Waals surface area contributed by atoms with Gasteiger partial charge in [0.25, 0.3) is 0 Å². The van der Waals surface area contributed by atoms with Gasteiger partial charge in [0.2, 0.25) is 5.91 Å². The molecule has 1 N–H and O–H groups in total. The maximum absolute atomic E-state index is 11.6. The molecule has 0 unspecified atom stereocenters. The third-order valence-corrected chi connectivity index (χ3v) is 2.52. The minimum atomic E-state index is -0.413. The summed E-state index contributed by atoms with van der Waals surface area (Å²) in [6.45, 7) is 4.62. The number of ether oxygens (including phenoxy) is 1. The molecule has 0 aromatic carbocycles. The molecule has 1 rings (SSSR count). The molecule has 5 nitrogen and oxygen atoms in total. The molecule has 1 amide bonds. The minimum Gasteiger partial charge on any atom is -0.369 e. The minimum absolute atomic E-state index is 0.103. The monoisotopic (exact) mass is 251 g/mol. The Hall–Kier alpha value is -1.62. The van der Waals surface area contributed by atoms with Crippen LogP contribution in [0.25, 0.3) is 0 Å². The van der Waals surface area contributed by atoms with E-state index in [1.54, 1.807) is 13.1 Å². The fraction of sp³-hybridized carbons (Fsp3) is 0.538. The van der Waals surface area contributed by atoms with Crippen molar-refractivity contribution in [2.45, 2.75) is 26.5 Å². The summed E-state index contributed by atoms with van der Waals surface area (Å²) in [6.07, 6.45) is 1.35. The van der Waals surface area contributed by atoms with Crippen LogP contribution in [-0.2, 0) is 16.1 Å².